The van der Waals surface area contributed by atoms with Crippen LogP contribution in [0.5, 0.6) is 0 Å². The lowest BCUT2D eigenvalue weighted by Crippen LogP contribution is -2.62. The normalized spacial score (nSPS) is 30.2. The van der Waals surface area contributed by atoms with Crippen LogP contribution in [0, 0.1) is 11.3 Å². The summed E-state index contributed by atoms with van der Waals surface area (Å²) >= 11 is 5.54. The zero-order valence-corrected chi connectivity index (χ0v) is 18.8. The van der Waals surface area contributed by atoms with Gasteiger partial charge in [0.15, 0.2) is 5.11 Å². The van der Waals surface area contributed by atoms with Crippen molar-refractivity contribution in [3.05, 3.63) is 71.8 Å². The highest BCUT2D eigenvalue weighted by Gasteiger charge is 2.52. The van der Waals surface area contributed by atoms with Gasteiger partial charge in [-0.25, -0.2) is 0 Å². The van der Waals surface area contributed by atoms with Crippen molar-refractivity contribution >= 4 is 23.0 Å². The number of hydrazone groups is 1. The van der Waals surface area contributed by atoms with Gasteiger partial charge in [0.1, 0.15) is 0 Å². The van der Waals surface area contributed by atoms with Gasteiger partial charge in [-0.05, 0) is 36.2 Å². The third kappa shape index (κ3) is 4.66. The van der Waals surface area contributed by atoms with Crippen molar-refractivity contribution in [2.45, 2.75) is 12.8 Å². The van der Waals surface area contributed by atoms with Crippen LogP contribution in [0.4, 0.5) is 0 Å². The fraction of sp³-hybridized carbons (Fsp3) is 0.440. The summed E-state index contributed by atoms with van der Waals surface area (Å²) < 4.78 is 0. The van der Waals surface area contributed by atoms with Crippen LogP contribution in [0.25, 0.3) is 0 Å². The third-order valence-electron chi connectivity index (χ3n) is 6.88. The van der Waals surface area contributed by atoms with Crippen molar-refractivity contribution in [1.29, 1.82) is 0 Å². The predicted octanol–water partition coefficient (Wildman–Crippen LogP) is 2.54. The summed E-state index contributed by atoms with van der Waals surface area (Å²) in [6.07, 6.45) is 1.98. The smallest absolute Gasteiger partial charge is 0.186 e. The molecule has 6 rings (SSSR count). The molecule has 4 heterocycles. The fourth-order valence-electron chi connectivity index (χ4n) is 5.62. The molecule has 2 aromatic carbocycles. The zero-order valence-electron chi connectivity index (χ0n) is 18.0. The number of rotatable bonds is 6. The van der Waals surface area contributed by atoms with Crippen LogP contribution < -0.4 is 10.7 Å². The van der Waals surface area contributed by atoms with Crippen molar-refractivity contribution in [1.82, 2.24) is 20.5 Å². The van der Waals surface area contributed by atoms with Crippen LogP contribution in [0.2, 0.25) is 0 Å². The number of hydrogen-bond donors (Lipinski definition) is 2. The molecule has 4 saturated heterocycles. The van der Waals surface area contributed by atoms with Crippen LogP contribution in [0.15, 0.2) is 65.8 Å². The highest BCUT2D eigenvalue weighted by molar-refractivity contribution is 7.80. The Morgan fingerprint density at radius 1 is 0.935 bits per heavy atom. The molecular formula is C25H31N5S. The van der Waals surface area contributed by atoms with Gasteiger partial charge in [-0.1, -0.05) is 60.7 Å². The summed E-state index contributed by atoms with van der Waals surface area (Å²) in [7, 11) is 0. The quantitative estimate of drug-likeness (QED) is 0.541. The Bertz CT molecular complexity index is 913. The number of benzene rings is 2. The molecule has 2 atom stereocenters. The first-order valence-corrected chi connectivity index (χ1v) is 11.8. The van der Waals surface area contributed by atoms with Crippen molar-refractivity contribution in [2.24, 2.45) is 16.4 Å². The van der Waals surface area contributed by atoms with E-state index in [-0.39, 0.29) is 5.41 Å². The molecular weight excluding hydrogens is 402 g/mol. The molecule has 4 aliphatic rings. The molecule has 2 N–H and O–H groups in total. The van der Waals surface area contributed by atoms with Gasteiger partial charge in [-0.2, -0.15) is 5.10 Å². The summed E-state index contributed by atoms with van der Waals surface area (Å²) in [5.41, 5.74) is 7.28. The molecule has 0 spiro atoms. The van der Waals surface area contributed by atoms with E-state index in [0.717, 1.165) is 45.6 Å². The summed E-state index contributed by atoms with van der Waals surface area (Å²) in [6, 6.07) is 21.4. The van der Waals surface area contributed by atoms with Crippen LogP contribution in [-0.4, -0.2) is 66.4 Å². The minimum atomic E-state index is 0.0612. The van der Waals surface area contributed by atoms with Crippen LogP contribution in [-0.2, 0) is 12.8 Å². The maximum atomic E-state index is 5.54. The number of nitrogens with one attached hydrogen (secondary N) is 2. The maximum absolute atomic E-state index is 5.54. The van der Waals surface area contributed by atoms with Gasteiger partial charge in [-0.15, -0.1) is 0 Å². The summed E-state index contributed by atoms with van der Waals surface area (Å²) in [6.45, 7) is 7.55. The Labute approximate surface area is 190 Å². The Balaban J connectivity index is 1.29. The molecule has 4 aliphatic heterocycles. The molecule has 4 fully saturated rings. The molecule has 6 heteroatoms. The highest BCUT2D eigenvalue weighted by atomic mass is 32.1. The van der Waals surface area contributed by atoms with Crippen molar-refractivity contribution in [3.63, 3.8) is 0 Å². The van der Waals surface area contributed by atoms with Gasteiger partial charge in [0, 0.05) is 57.1 Å². The molecule has 0 aliphatic carbocycles. The first-order chi connectivity index (χ1) is 15.2. The topological polar surface area (TPSA) is 42.9 Å². The SMILES string of the molecule is S=C(NCCc1ccccc1)N/N=C1/C2CN3CCN(C2)CC1(Cc1ccccc1)C3. The monoisotopic (exact) mass is 433 g/mol. The zero-order chi connectivity index (χ0) is 21.1. The summed E-state index contributed by atoms with van der Waals surface area (Å²) in [5.74, 6) is 0.480. The van der Waals surface area contributed by atoms with E-state index in [4.69, 9.17) is 17.3 Å². The van der Waals surface area contributed by atoms with E-state index in [9.17, 15) is 0 Å². The molecule has 0 aromatic heterocycles. The van der Waals surface area contributed by atoms with E-state index in [1.807, 2.05) is 6.07 Å². The average Bonchev–Trinajstić information content (AvgIpc) is 3.02. The average molecular weight is 434 g/mol. The molecule has 162 valence electrons. The van der Waals surface area contributed by atoms with Crippen LogP contribution in [0.3, 0.4) is 0 Å². The lowest BCUT2D eigenvalue weighted by Gasteiger charge is -2.50. The molecule has 2 unspecified atom stereocenters. The standard InChI is InChI=1S/C25H31N5S/c31-24(26-12-11-20-7-3-1-4-8-20)28-27-23-22-16-29-13-14-30(17-22)19-25(23,18-29)15-21-9-5-2-6-10-21/h1-10,22H,11-19H2,(H2,26,28,31)/b27-23-. The molecule has 5 nitrogen and oxygen atoms in total. The number of piperidine rings is 2. The van der Waals surface area contributed by atoms with Gasteiger partial charge in [0.05, 0.1) is 5.71 Å². The molecule has 4 bridgehead atoms. The van der Waals surface area contributed by atoms with E-state index in [1.54, 1.807) is 0 Å². The summed E-state index contributed by atoms with van der Waals surface area (Å²) in [4.78, 5) is 5.30. The minimum absolute atomic E-state index is 0.0612. The first kappa shape index (κ1) is 20.6. The molecule has 0 radical (unpaired) electrons. The minimum Gasteiger partial charge on any atom is -0.361 e. The van der Waals surface area contributed by atoms with E-state index in [1.165, 1.54) is 29.9 Å². The Kier molecular flexibility index (Phi) is 6.03. The Morgan fingerprint density at radius 2 is 1.55 bits per heavy atom. The highest BCUT2D eigenvalue weighted by Crippen LogP contribution is 2.40. The molecule has 0 saturated carbocycles. The van der Waals surface area contributed by atoms with E-state index in [0.29, 0.717) is 11.0 Å². The fourth-order valence-corrected chi connectivity index (χ4v) is 5.77. The molecule has 31 heavy (non-hydrogen) atoms. The van der Waals surface area contributed by atoms with E-state index >= 15 is 0 Å². The van der Waals surface area contributed by atoms with E-state index < -0.39 is 0 Å². The molecule has 2 aromatic rings. The van der Waals surface area contributed by atoms with Gasteiger partial charge < -0.3 is 15.1 Å². The largest absolute Gasteiger partial charge is 0.361 e. The lowest BCUT2D eigenvalue weighted by molar-refractivity contribution is 0.117. The number of fused-ring (bicyclic) bond motifs is 1. The van der Waals surface area contributed by atoms with Gasteiger partial charge in [0.25, 0.3) is 0 Å². The van der Waals surface area contributed by atoms with Crippen molar-refractivity contribution in [3.8, 4) is 0 Å². The summed E-state index contributed by atoms with van der Waals surface area (Å²) in [5, 5.41) is 8.91. The first-order valence-electron chi connectivity index (χ1n) is 11.3. The molecule has 0 amide bonds. The maximum Gasteiger partial charge on any atom is 0.186 e. The number of thiocarbonyl (C=S) groups is 1. The third-order valence-corrected chi connectivity index (χ3v) is 7.11. The van der Waals surface area contributed by atoms with E-state index in [2.05, 4.69) is 75.1 Å². The van der Waals surface area contributed by atoms with Gasteiger partial charge in [-0.3, -0.25) is 5.43 Å². The second kappa shape index (κ2) is 9.07. The van der Waals surface area contributed by atoms with Gasteiger partial charge >= 0.3 is 0 Å². The van der Waals surface area contributed by atoms with Crippen LogP contribution >= 0.6 is 12.2 Å². The van der Waals surface area contributed by atoms with Crippen molar-refractivity contribution in [2.75, 3.05) is 45.8 Å². The lowest BCUT2D eigenvalue weighted by atomic mass is 9.67. The Morgan fingerprint density at radius 3 is 2.19 bits per heavy atom. The Hall–Kier alpha value is -2.28. The van der Waals surface area contributed by atoms with Gasteiger partial charge in [0.2, 0.25) is 0 Å². The van der Waals surface area contributed by atoms with Crippen LogP contribution in [0.1, 0.15) is 11.1 Å². The van der Waals surface area contributed by atoms with Crippen molar-refractivity contribution < 1.29 is 0 Å². The number of hydrogen-bond acceptors (Lipinski definition) is 4. The number of nitrogens with zero attached hydrogens (tertiary/aromatic N) is 3. The predicted molar refractivity (Wildman–Crippen MR) is 130 cm³/mol. The second-order valence-electron chi connectivity index (χ2n) is 9.21. The second-order valence-corrected chi connectivity index (χ2v) is 9.62.